The van der Waals surface area contributed by atoms with Gasteiger partial charge >= 0.3 is 12.4 Å². The standard InChI is InChI=1S/C12H14F3N5.C11H8F3N5/c1-6-4-9(7(2)16)17-18-10(6)8-5-20(3)19-11(8)12(13,14)15;1-6-3-7(4-15)16-17-9(6)8-5-19(2)18-10(8)11(12,13)14/h4-5,7H,16H2,1-3H3;3,5H,1-2H3. The second-order valence-electron chi connectivity index (χ2n) is 8.59. The first-order chi connectivity index (χ1) is 18.0. The van der Waals surface area contributed by atoms with Crippen LogP contribution in [0.1, 0.15) is 46.9 Å². The summed E-state index contributed by atoms with van der Waals surface area (Å²) in [6, 6.07) is 4.48. The molecule has 39 heavy (non-hydrogen) atoms. The van der Waals surface area contributed by atoms with Crippen molar-refractivity contribution in [1.82, 2.24) is 40.0 Å². The Morgan fingerprint density at radius 3 is 1.59 bits per heavy atom. The van der Waals surface area contributed by atoms with Gasteiger partial charge in [0, 0.05) is 32.5 Å². The topological polar surface area (TPSA) is 137 Å². The van der Waals surface area contributed by atoms with Crippen LogP contribution in [-0.2, 0) is 26.4 Å². The van der Waals surface area contributed by atoms with E-state index in [-0.39, 0.29) is 34.3 Å². The third-order valence-corrected chi connectivity index (χ3v) is 5.27. The van der Waals surface area contributed by atoms with E-state index in [2.05, 4.69) is 30.6 Å². The number of halogens is 6. The molecule has 2 N–H and O–H groups in total. The summed E-state index contributed by atoms with van der Waals surface area (Å²) in [6.07, 6.45) is -6.60. The van der Waals surface area contributed by atoms with Gasteiger partial charge in [0.05, 0.1) is 28.2 Å². The fraction of sp³-hybridized carbons (Fsp3) is 0.348. The van der Waals surface area contributed by atoms with Crippen molar-refractivity contribution in [3.63, 3.8) is 0 Å². The molecule has 0 amide bonds. The van der Waals surface area contributed by atoms with Crippen LogP contribution in [0.25, 0.3) is 22.5 Å². The summed E-state index contributed by atoms with van der Waals surface area (Å²) in [7, 11) is 2.82. The maximum absolute atomic E-state index is 12.9. The quantitative estimate of drug-likeness (QED) is 0.372. The number of nitrogens with two attached hydrogens (primary N) is 1. The first-order valence-corrected chi connectivity index (χ1v) is 11.1. The predicted octanol–water partition coefficient (Wildman–Crippen LogP) is 4.30. The molecular weight excluding hydrogens is 530 g/mol. The van der Waals surface area contributed by atoms with Crippen molar-refractivity contribution in [3.8, 4) is 28.6 Å². The molecule has 206 valence electrons. The average molecular weight is 552 g/mol. The molecule has 0 aliphatic carbocycles. The molecule has 0 radical (unpaired) electrons. The normalized spacial score (nSPS) is 12.5. The molecule has 1 atom stereocenters. The van der Waals surface area contributed by atoms with Crippen molar-refractivity contribution in [2.45, 2.75) is 39.2 Å². The second kappa shape index (κ2) is 10.8. The average Bonchev–Trinajstić information content (AvgIpc) is 3.42. The molecule has 0 aliphatic heterocycles. The molecule has 0 aliphatic rings. The van der Waals surface area contributed by atoms with Crippen LogP contribution in [0.4, 0.5) is 26.3 Å². The third-order valence-electron chi connectivity index (χ3n) is 5.27. The molecule has 4 aromatic rings. The molecule has 0 bridgehead atoms. The molecule has 0 aromatic carbocycles. The van der Waals surface area contributed by atoms with Crippen LogP contribution in [0, 0.1) is 25.2 Å². The number of rotatable bonds is 3. The fourth-order valence-electron chi connectivity index (χ4n) is 3.54. The van der Waals surface area contributed by atoms with Gasteiger partial charge in [0.2, 0.25) is 0 Å². The van der Waals surface area contributed by atoms with E-state index in [0.717, 1.165) is 9.36 Å². The lowest BCUT2D eigenvalue weighted by Crippen LogP contribution is -2.11. The van der Waals surface area contributed by atoms with Crippen molar-refractivity contribution in [2.75, 3.05) is 0 Å². The summed E-state index contributed by atoms with van der Waals surface area (Å²) < 4.78 is 79.5. The largest absolute Gasteiger partial charge is 0.435 e. The Kier molecular flexibility index (Phi) is 8.05. The highest BCUT2D eigenvalue weighted by atomic mass is 19.4. The molecule has 1 unspecified atom stereocenters. The number of nitriles is 1. The van der Waals surface area contributed by atoms with Crippen LogP contribution in [0.3, 0.4) is 0 Å². The summed E-state index contributed by atoms with van der Waals surface area (Å²) in [6.45, 7) is 4.97. The molecule has 10 nitrogen and oxygen atoms in total. The summed E-state index contributed by atoms with van der Waals surface area (Å²) in [4.78, 5) is 0. The first kappa shape index (κ1) is 29.2. The summed E-state index contributed by atoms with van der Waals surface area (Å²) >= 11 is 0. The van der Waals surface area contributed by atoms with Gasteiger partial charge in [-0.15, -0.1) is 15.3 Å². The van der Waals surface area contributed by atoms with Crippen molar-refractivity contribution < 1.29 is 26.3 Å². The van der Waals surface area contributed by atoms with Gasteiger partial charge in [-0.1, -0.05) is 0 Å². The van der Waals surface area contributed by atoms with Crippen LogP contribution in [0.2, 0.25) is 0 Å². The minimum atomic E-state index is -4.57. The molecule has 0 spiro atoms. The molecule has 0 fully saturated rings. The Morgan fingerprint density at radius 2 is 1.23 bits per heavy atom. The smallest absolute Gasteiger partial charge is 0.323 e. The maximum Gasteiger partial charge on any atom is 0.435 e. The molecule has 0 saturated heterocycles. The predicted molar refractivity (Wildman–Crippen MR) is 125 cm³/mol. The van der Waals surface area contributed by atoms with E-state index in [0.29, 0.717) is 16.8 Å². The highest BCUT2D eigenvalue weighted by molar-refractivity contribution is 5.66. The lowest BCUT2D eigenvalue weighted by Gasteiger charge is -2.09. The zero-order valence-corrected chi connectivity index (χ0v) is 21.3. The van der Waals surface area contributed by atoms with E-state index < -0.39 is 23.7 Å². The van der Waals surface area contributed by atoms with Crippen LogP contribution in [0.15, 0.2) is 24.5 Å². The van der Waals surface area contributed by atoms with Gasteiger partial charge in [-0.05, 0) is 44.0 Å². The maximum atomic E-state index is 12.9. The van der Waals surface area contributed by atoms with Crippen molar-refractivity contribution in [2.24, 2.45) is 19.8 Å². The van der Waals surface area contributed by atoms with Gasteiger partial charge in [-0.2, -0.15) is 46.9 Å². The van der Waals surface area contributed by atoms with E-state index in [1.807, 2.05) is 0 Å². The van der Waals surface area contributed by atoms with Crippen LogP contribution in [-0.4, -0.2) is 40.0 Å². The zero-order valence-electron chi connectivity index (χ0n) is 21.3. The number of nitrogens with zero attached hydrogens (tertiary/aromatic N) is 9. The van der Waals surface area contributed by atoms with Gasteiger partial charge in [-0.25, -0.2) is 0 Å². The Labute approximate surface area is 218 Å². The highest BCUT2D eigenvalue weighted by Crippen LogP contribution is 2.37. The highest BCUT2D eigenvalue weighted by Gasteiger charge is 2.39. The van der Waals surface area contributed by atoms with Crippen LogP contribution < -0.4 is 5.73 Å². The van der Waals surface area contributed by atoms with E-state index in [1.54, 1.807) is 32.9 Å². The molecule has 4 heterocycles. The Balaban J connectivity index is 0.000000216. The molecular formula is C23H22F6N10. The molecule has 0 saturated carbocycles. The van der Waals surface area contributed by atoms with Gasteiger partial charge in [0.1, 0.15) is 6.07 Å². The zero-order chi connectivity index (χ0) is 29.3. The number of aromatic nitrogens is 8. The molecule has 16 heteroatoms. The van der Waals surface area contributed by atoms with Crippen molar-refractivity contribution in [3.05, 3.63) is 58.4 Å². The van der Waals surface area contributed by atoms with Crippen LogP contribution >= 0.6 is 0 Å². The van der Waals surface area contributed by atoms with Gasteiger partial charge in [0.25, 0.3) is 0 Å². The summed E-state index contributed by atoms with van der Waals surface area (Å²) in [5, 5.41) is 30.5. The number of hydrogen-bond donors (Lipinski definition) is 1. The first-order valence-electron chi connectivity index (χ1n) is 11.1. The lowest BCUT2D eigenvalue weighted by atomic mass is 10.1. The number of alkyl halides is 6. The van der Waals surface area contributed by atoms with E-state index in [4.69, 9.17) is 11.0 Å². The molecule has 4 aromatic heterocycles. The minimum absolute atomic E-state index is 0.0544. The number of aryl methyl sites for hydroxylation is 4. The van der Waals surface area contributed by atoms with Crippen LogP contribution in [0.5, 0.6) is 0 Å². The summed E-state index contributed by atoms with van der Waals surface area (Å²) in [5.41, 5.74) is 5.29. The fourth-order valence-corrected chi connectivity index (χ4v) is 3.54. The van der Waals surface area contributed by atoms with Crippen molar-refractivity contribution >= 4 is 0 Å². The van der Waals surface area contributed by atoms with E-state index >= 15 is 0 Å². The van der Waals surface area contributed by atoms with Gasteiger partial charge in [0.15, 0.2) is 17.1 Å². The Morgan fingerprint density at radius 1 is 0.795 bits per heavy atom. The van der Waals surface area contributed by atoms with Gasteiger partial charge < -0.3 is 5.73 Å². The monoisotopic (exact) mass is 552 g/mol. The van der Waals surface area contributed by atoms with Crippen molar-refractivity contribution in [1.29, 1.82) is 5.26 Å². The van der Waals surface area contributed by atoms with E-state index in [9.17, 15) is 26.3 Å². The lowest BCUT2D eigenvalue weighted by molar-refractivity contribution is -0.141. The SMILES string of the molecule is Cc1cc(C#N)nnc1-c1cn(C)nc1C(F)(F)F.Cc1cc(C(C)N)nnc1-c1cn(C)nc1C(F)(F)F. The van der Waals surface area contributed by atoms with Gasteiger partial charge in [-0.3, -0.25) is 9.36 Å². The molecule has 4 rings (SSSR count). The Bertz CT molecular complexity index is 1530. The second-order valence-corrected chi connectivity index (χ2v) is 8.59. The summed E-state index contributed by atoms with van der Waals surface area (Å²) in [5.74, 6) is 0. The Hall–Kier alpha value is -4.39. The minimum Gasteiger partial charge on any atom is -0.323 e. The van der Waals surface area contributed by atoms with E-state index in [1.165, 1.54) is 32.6 Å². The third kappa shape index (κ3) is 6.55. The number of hydrogen-bond acceptors (Lipinski definition) is 8.